The molecule has 0 saturated carbocycles. The summed E-state index contributed by atoms with van der Waals surface area (Å²) in [5.74, 6) is 2.91. The van der Waals surface area contributed by atoms with Gasteiger partial charge in [0.1, 0.15) is 0 Å². The fourth-order valence-electron chi connectivity index (χ4n) is 0.685. The van der Waals surface area contributed by atoms with Crippen molar-refractivity contribution in [3.63, 3.8) is 0 Å². The molecule has 0 aliphatic rings. The van der Waals surface area contributed by atoms with Gasteiger partial charge >= 0.3 is 66.3 Å². The molecule has 3 heteroatoms. The topological polar surface area (TPSA) is 22.1 Å². The summed E-state index contributed by atoms with van der Waals surface area (Å²) in [4.78, 5) is 4.06. The third-order valence-electron chi connectivity index (χ3n) is 1.15. The molecule has 0 bridgehead atoms. The van der Waals surface area contributed by atoms with Gasteiger partial charge in [-0.05, 0) is 0 Å². The molecule has 0 aliphatic heterocycles. The van der Waals surface area contributed by atoms with Gasteiger partial charge in [-0.25, -0.2) is 0 Å². The van der Waals surface area contributed by atoms with Crippen LogP contribution in [0.3, 0.4) is 0 Å². The van der Waals surface area contributed by atoms with Gasteiger partial charge in [-0.1, -0.05) is 0 Å². The summed E-state index contributed by atoms with van der Waals surface area (Å²) < 4.78 is 6.26. The molecule has 0 fully saturated rings. The third kappa shape index (κ3) is 1.49. The van der Waals surface area contributed by atoms with Crippen LogP contribution in [0.2, 0.25) is 5.82 Å². The van der Waals surface area contributed by atoms with Crippen LogP contribution < -0.4 is 9.20 Å². The van der Waals surface area contributed by atoms with E-state index >= 15 is 0 Å². The van der Waals surface area contributed by atoms with E-state index in [0.29, 0.717) is 15.0 Å². The van der Waals surface area contributed by atoms with Crippen molar-refractivity contribution in [2.45, 2.75) is 5.82 Å². The predicted octanol–water partition coefficient (Wildman–Crippen LogP) is 0.468. The zero-order valence-electron chi connectivity index (χ0n) is 6.00. The van der Waals surface area contributed by atoms with Gasteiger partial charge < -0.3 is 0 Å². The molecule has 1 rings (SSSR count). The minimum absolute atomic E-state index is 0.472. The second kappa shape index (κ2) is 3.59. The molecule has 0 unspecified atom stereocenters. The van der Waals surface area contributed by atoms with Gasteiger partial charge in [-0.15, -0.1) is 0 Å². The fraction of sp³-hybridized carbons (Fsp3) is 0.286. The Morgan fingerprint density at radius 1 is 1.60 bits per heavy atom. The minimum atomic E-state index is 0.472. The van der Waals surface area contributed by atoms with Crippen LogP contribution >= 0.6 is 0 Å². The Kier molecular flexibility index (Phi) is 2.72. The molecule has 0 N–H and O–H groups in total. The van der Waals surface area contributed by atoms with Crippen molar-refractivity contribution >= 4 is 19.4 Å². The first-order valence-electron chi connectivity index (χ1n) is 2.91. The number of pyridine rings is 1. The molecular weight excluding hydrogens is 193 g/mol. The quantitative estimate of drug-likeness (QED) is 0.650. The molecule has 0 radical (unpaired) electrons. The Labute approximate surface area is 66.8 Å². The SMILES string of the molecule is COc1ncccc1[Se]C. The first-order chi connectivity index (χ1) is 4.88. The number of methoxy groups -OCH3 is 1. The molecule has 0 aromatic carbocycles. The first-order valence-corrected chi connectivity index (χ1v) is 5.48. The Hall–Kier alpha value is -0.531. The van der Waals surface area contributed by atoms with Crippen LogP contribution in [0.5, 0.6) is 5.88 Å². The van der Waals surface area contributed by atoms with Gasteiger partial charge in [0.25, 0.3) is 0 Å². The number of hydrogen-bond acceptors (Lipinski definition) is 2. The van der Waals surface area contributed by atoms with Crippen LogP contribution in [-0.2, 0) is 0 Å². The molecule has 0 aliphatic carbocycles. The maximum atomic E-state index is 5.04. The van der Waals surface area contributed by atoms with E-state index in [1.165, 1.54) is 4.46 Å². The van der Waals surface area contributed by atoms with E-state index in [1.54, 1.807) is 13.3 Å². The van der Waals surface area contributed by atoms with Gasteiger partial charge in [0.05, 0.1) is 0 Å². The molecule has 1 aromatic heterocycles. The van der Waals surface area contributed by atoms with Crippen LogP contribution in [0.4, 0.5) is 0 Å². The molecule has 0 saturated heterocycles. The fourth-order valence-corrected chi connectivity index (χ4v) is 1.79. The number of rotatable bonds is 2. The number of aromatic nitrogens is 1. The number of hydrogen-bond donors (Lipinski definition) is 0. The summed E-state index contributed by atoms with van der Waals surface area (Å²) in [6.07, 6.45) is 1.74. The van der Waals surface area contributed by atoms with E-state index < -0.39 is 0 Å². The summed E-state index contributed by atoms with van der Waals surface area (Å²) >= 11 is 0.472. The summed E-state index contributed by atoms with van der Waals surface area (Å²) in [5, 5.41) is 0. The average Bonchev–Trinajstić information content (AvgIpc) is 2.04. The Morgan fingerprint density at radius 3 is 2.90 bits per heavy atom. The number of ether oxygens (including phenoxy) is 1. The summed E-state index contributed by atoms with van der Waals surface area (Å²) in [7, 11) is 1.65. The third-order valence-corrected chi connectivity index (χ3v) is 2.72. The van der Waals surface area contributed by atoms with Crippen LogP contribution in [0, 0.1) is 0 Å². The van der Waals surface area contributed by atoms with Crippen LogP contribution in [0.25, 0.3) is 0 Å². The van der Waals surface area contributed by atoms with E-state index in [0.717, 1.165) is 5.88 Å². The molecular formula is C7H9NOSe. The molecule has 0 amide bonds. The Balaban J connectivity index is 2.96. The van der Waals surface area contributed by atoms with Crippen LogP contribution in [0.1, 0.15) is 0 Å². The molecule has 10 heavy (non-hydrogen) atoms. The van der Waals surface area contributed by atoms with Crippen LogP contribution in [0.15, 0.2) is 18.3 Å². The van der Waals surface area contributed by atoms with Crippen molar-refractivity contribution in [1.29, 1.82) is 0 Å². The van der Waals surface area contributed by atoms with Crippen molar-refractivity contribution in [2.75, 3.05) is 7.11 Å². The van der Waals surface area contributed by atoms with Crippen molar-refractivity contribution < 1.29 is 4.74 Å². The molecule has 1 aromatic rings. The van der Waals surface area contributed by atoms with E-state index in [9.17, 15) is 0 Å². The number of nitrogens with zero attached hydrogens (tertiary/aromatic N) is 1. The summed E-state index contributed by atoms with van der Waals surface area (Å²) in [6, 6.07) is 3.98. The zero-order chi connectivity index (χ0) is 7.40. The zero-order valence-corrected chi connectivity index (χ0v) is 7.71. The van der Waals surface area contributed by atoms with E-state index in [1.807, 2.05) is 12.1 Å². The molecule has 1 heterocycles. The second-order valence-corrected chi connectivity index (χ2v) is 3.49. The van der Waals surface area contributed by atoms with Crippen molar-refractivity contribution in [3.05, 3.63) is 18.3 Å². The Morgan fingerprint density at radius 2 is 2.40 bits per heavy atom. The van der Waals surface area contributed by atoms with E-state index in [2.05, 4.69) is 10.8 Å². The monoisotopic (exact) mass is 203 g/mol. The second-order valence-electron chi connectivity index (χ2n) is 1.71. The maximum absolute atomic E-state index is 5.04. The van der Waals surface area contributed by atoms with Gasteiger partial charge in [0.15, 0.2) is 0 Å². The van der Waals surface area contributed by atoms with Gasteiger partial charge in [0.2, 0.25) is 0 Å². The summed E-state index contributed by atoms with van der Waals surface area (Å²) in [5.41, 5.74) is 0. The van der Waals surface area contributed by atoms with Crippen molar-refractivity contribution in [2.24, 2.45) is 0 Å². The average molecular weight is 202 g/mol. The van der Waals surface area contributed by atoms with E-state index in [-0.39, 0.29) is 0 Å². The predicted molar refractivity (Wildman–Crippen MR) is 42.0 cm³/mol. The summed E-state index contributed by atoms with van der Waals surface area (Å²) in [6.45, 7) is 0. The first kappa shape index (κ1) is 7.58. The Bertz CT molecular complexity index is 192. The molecule has 0 spiro atoms. The van der Waals surface area contributed by atoms with Crippen molar-refractivity contribution in [3.8, 4) is 5.88 Å². The molecule has 0 atom stereocenters. The standard InChI is InChI=1S/C7H9NOSe/c1-9-7-6(10-2)4-3-5-8-7/h3-5H,1-2H3. The van der Waals surface area contributed by atoms with Crippen molar-refractivity contribution in [1.82, 2.24) is 4.98 Å². The van der Waals surface area contributed by atoms with Gasteiger partial charge in [0, 0.05) is 0 Å². The van der Waals surface area contributed by atoms with E-state index in [4.69, 9.17) is 4.74 Å². The van der Waals surface area contributed by atoms with Gasteiger partial charge in [-0.2, -0.15) is 0 Å². The van der Waals surface area contributed by atoms with Crippen LogP contribution in [-0.4, -0.2) is 27.1 Å². The normalized spacial score (nSPS) is 9.40. The van der Waals surface area contributed by atoms with Gasteiger partial charge in [-0.3, -0.25) is 0 Å². The molecule has 54 valence electrons. The molecule has 2 nitrogen and oxygen atoms in total.